The van der Waals surface area contributed by atoms with Gasteiger partial charge in [-0.05, 0) is 37.8 Å². The van der Waals surface area contributed by atoms with Gasteiger partial charge in [-0.15, -0.1) is 11.3 Å². The Labute approximate surface area is 146 Å². The highest BCUT2D eigenvalue weighted by Gasteiger charge is 2.21. The van der Waals surface area contributed by atoms with E-state index >= 15 is 0 Å². The Morgan fingerprint density at radius 2 is 2.29 bits per heavy atom. The topological polar surface area (TPSA) is 62.2 Å². The Kier molecular flexibility index (Phi) is 5.52. The molecule has 0 saturated carbocycles. The van der Waals surface area contributed by atoms with Gasteiger partial charge in [-0.25, -0.2) is 9.97 Å². The summed E-state index contributed by atoms with van der Waals surface area (Å²) in [7, 11) is 3.48. The molecule has 1 amide bonds. The molecule has 2 aromatic heterocycles. The van der Waals surface area contributed by atoms with Crippen molar-refractivity contribution in [2.75, 3.05) is 27.2 Å². The van der Waals surface area contributed by atoms with Crippen LogP contribution in [0.15, 0.2) is 24.1 Å². The Morgan fingerprint density at radius 3 is 3.04 bits per heavy atom. The first-order chi connectivity index (χ1) is 11.6. The van der Waals surface area contributed by atoms with Crippen LogP contribution in [0.1, 0.15) is 33.9 Å². The van der Waals surface area contributed by atoms with E-state index in [0.29, 0.717) is 11.6 Å². The number of carbonyl (C=O) groups excluding carboxylic acids is 1. The molecule has 0 radical (unpaired) electrons. The van der Waals surface area contributed by atoms with E-state index in [1.54, 1.807) is 30.3 Å². The van der Waals surface area contributed by atoms with E-state index in [1.165, 1.54) is 24.0 Å². The molecule has 24 heavy (non-hydrogen) atoms. The molecule has 128 valence electrons. The fourth-order valence-corrected chi connectivity index (χ4v) is 3.79. The first-order valence-electron chi connectivity index (χ1n) is 8.24. The second-order valence-electron chi connectivity index (χ2n) is 6.51. The van der Waals surface area contributed by atoms with Crippen LogP contribution in [0.25, 0.3) is 0 Å². The van der Waals surface area contributed by atoms with Gasteiger partial charge in [-0.1, -0.05) is 0 Å². The molecule has 1 saturated heterocycles. The third-order valence-corrected chi connectivity index (χ3v) is 5.08. The monoisotopic (exact) mass is 345 g/mol. The Hall–Kier alpha value is -1.86. The van der Waals surface area contributed by atoms with E-state index in [2.05, 4.69) is 19.9 Å². The number of hydrogen-bond acceptors (Lipinski definition) is 6. The molecular weight excluding hydrogens is 322 g/mol. The number of carbonyl (C=O) groups is 1. The lowest BCUT2D eigenvalue weighted by Crippen LogP contribution is -2.35. The van der Waals surface area contributed by atoms with Gasteiger partial charge in [-0.2, -0.15) is 0 Å². The van der Waals surface area contributed by atoms with Crippen LogP contribution in [-0.4, -0.2) is 57.8 Å². The molecule has 0 N–H and O–H groups in total. The van der Waals surface area contributed by atoms with Crippen molar-refractivity contribution < 1.29 is 4.79 Å². The number of nitrogens with zero attached hydrogens (tertiary/aromatic N) is 5. The highest BCUT2D eigenvalue weighted by Crippen LogP contribution is 2.22. The van der Waals surface area contributed by atoms with E-state index in [9.17, 15) is 4.79 Å². The lowest BCUT2D eigenvalue weighted by atomic mass is 9.93. The molecule has 1 aliphatic heterocycles. The zero-order valence-electron chi connectivity index (χ0n) is 14.2. The van der Waals surface area contributed by atoms with Gasteiger partial charge >= 0.3 is 0 Å². The zero-order valence-corrected chi connectivity index (χ0v) is 15.0. The summed E-state index contributed by atoms with van der Waals surface area (Å²) in [6.07, 6.45) is 6.77. The Balaban J connectivity index is 1.61. The summed E-state index contributed by atoms with van der Waals surface area (Å²) < 4.78 is 0. The number of thiazole rings is 1. The number of aromatic nitrogens is 3. The summed E-state index contributed by atoms with van der Waals surface area (Å²) >= 11 is 1.71. The molecule has 7 heteroatoms. The van der Waals surface area contributed by atoms with Gasteiger partial charge in [0.1, 0.15) is 12.0 Å². The molecule has 1 atom stereocenters. The van der Waals surface area contributed by atoms with Crippen LogP contribution in [0, 0.1) is 5.92 Å². The summed E-state index contributed by atoms with van der Waals surface area (Å²) in [5.74, 6) is 0.498. The van der Waals surface area contributed by atoms with Crippen LogP contribution in [-0.2, 0) is 13.0 Å². The molecule has 0 spiro atoms. The summed E-state index contributed by atoms with van der Waals surface area (Å²) in [6.45, 7) is 3.19. The minimum Gasteiger partial charge on any atom is -0.343 e. The molecule has 1 fully saturated rings. The van der Waals surface area contributed by atoms with E-state index < -0.39 is 0 Å². The van der Waals surface area contributed by atoms with Gasteiger partial charge in [0.2, 0.25) is 0 Å². The fraction of sp³-hybridized carbons (Fsp3) is 0.529. The second-order valence-corrected chi connectivity index (χ2v) is 7.48. The molecule has 1 unspecified atom stereocenters. The van der Waals surface area contributed by atoms with Crippen LogP contribution in [0.3, 0.4) is 0 Å². The first kappa shape index (κ1) is 17.0. The number of hydrogen-bond donors (Lipinski definition) is 0. The first-order valence-corrected chi connectivity index (χ1v) is 9.12. The molecule has 0 bridgehead atoms. The van der Waals surface area contributed by atoms with Crippen molar-refractivity contribution in [1.29, 1.82) is 0 Å². The van der Waals surface area contributed by atoms with E-state index in [-0.39, 0.29) is 5.91 Å². The number of likely N-dealkylation sites (tertiary alicyclic amines) is 1. The smallest absolute Gasteiger partial charge is 0.272 e. The number of rotatable bonds is 5. The summed E-state index contributed by atoms with van der Waals surface area (Å²) in [5, 5.41) is 0. The molecule has 1 aliphatic rings. The van der Waals surface area contributed by atoms with Gasteiger partial charge in [-0.3, -0.25) is 14.7 Å². The quantitative estimate of drug-likeness (QED) is 0.830. The van der Waals surface area contributed by atoms with Gasteiger partial charge in [0, 0.05) is 44.0 Å². The SMILES string of the molecule is CN(C)C(=O)c1cc(CC2CCCN(Cc3cncs3)C2)ncn1. The zero-order chi connectivity index (χ0) is 16.9. The maximum atomic E-state index is 12.0. The largest absolute Gasteiger partial charge is 0.343 e. The van der Waals surface area contributed by atoms with Crippen LogP contribution in [0.4, 0.5) is 0 Å². The average molecular weight is 345 g/mol. The Bertz CT molecular complexity index is 673. The van der Waals surface area contributed by atoms with Crippen LogP contribution in [0.5, 0.6) is 0 Å². The van der Waals surface area contributed by atoms with Gasteiger partial charge in [0.25, 0.3) is 5.91 Å². The lowest BCUT2D eigenvalue weighted by Gasteiger charge is -2.32. The van der Waals surface area contributed by atoms with E-state index in [1.807, 2.05) is 17.8 Å². The van der Waals surface area contributed by atoms with Crippen molar-refractivity contribution in [1.82, 2.24) is 24.8 Å². The highest BCUT2D eigenvalue weighted by atomic mass is 32.1. The van der Waals surface area contributed by atoms with Gasteiger partial charge < -0.3 is 4.90 Å². The van der Waals surface area contributed by atoms with E-state index in [4.69, 9.17) is 0 Å². The normalized spacial score (nSPS) is 18.5. The number of piperidine rings is 1. The molecule has 2 aromatic rings. The molecular formula is C17H23N5OS. The molecule has 0 aromatic carbocycles. The predicted octanol–water partition coefficient (Wildman–Crippen LogP) is 2.09. The minimum atomic E-state index is -0.0749. The third kappa shape index (κ3) is 4.36. The third-order valence-electron chi connectivity index (χ3n) is 4.31. The number of amides is 1. The van der Waals surface area contributed by atoms with Crippen molar-refractivity contribution in [3.63, 3.8) is 0 Å². The van der Waals surface area contributed by atoms with Crippen molar-refractivity contribution in [3.05, 3.63) is 40.4 Å². The second kappa shape index (κ2) is 7.81. The molecule has 0 aliphatic carbocycles. The molecule has 3 heterocycles. The summed E-state index contributed by atoms with van der Waals surface area (Å²) in [4.78, 5) is 30.0. The predicted molar refractivity (Wildman–Crippen MR) is 93.9 cm³/mol. The van der Waals surface area contributed by atoms with Crippen molar-refractivity contribution in [3.8, 4) is 0 Å². The maximum absolute atomic E-state index is 12.0. The lowest BCUT2D eigenvalue weighted by molar-refractivity contribution is 0.0821. The molecule has 6 nitrogen and oxygen atoms in total. The van der Waals surface area contributed by atoms with Crippen LogP contribution in [0.2, 0.25) is 0 Å². The molecule has 3 rings (SSSR count). The van der Waals surface area contributed by atoms with Gasteiger partial charge in [0.05, 0.1) is 5.51 Å². The fourth-order valence-electron chi connectivity index (χ4n) is 3.15. The summed E-state index contributed by atoms with van der Waals surface area (Å²) in [6, 6.07) is 1.84. The Morgan fingerprint density at radius 1 is 1.42 bits per heavy atom. The van der Waals surface area contributed by atoms with Crippen LogP contribution < -0.4 is 0 Å². The minimum absolute atomic E-state index is 0.0749. The highest BCUT2D eigenvalue weighted by molar-refractivity contribution is 7.09. The maximum Gasteiger partial charge on any atom is 0.272 e. The van der Waals surface area contributed by atoms with Crippen molar-refractivity contribution in [2.45, 2.75) is 25.8 Å². The van der Waals surface area contributed by atoms with Crippen molar-refractivity contribution >= 4 is 17.2 Å². The van der Waals surface area contributed by atoms with Crippen LogP contribution >= 0.6 is 11.3 Å². The van der Waals surface area contributed by atoms with E-state index in [0.717, 1.165) is 31.7 Å². The summed E-state index contributed by atoms with van der Waals surface area (Å²) in [5.41, 5.74) is 3.32. The van der Waals surface area contributed by atoms with Gasteiger partial charge in [0.15, 0.2) is 0 Å². The average Bonchev–Trinajstić information content (AvgIpc) is 3.07. The van der Waals surface area contributed by atoms with Crippen molar-refractivity contribution in [2.24, 2.45) is 5.92 Å². The standard InChI is InChI=1S/C17H23N5OS/c1-21(2)17(23)16-7-14(19-11-20-16)6-13-4-3-5-22(9-13)10-15-8-18-12-24-15/h7-8,11-13H,3-6,9-10H2,1-2H3.